The molecule has 0 bridgehead atoms. The van der Waals surface area contributed by atoms with Crippen LogP contribution in [-0.2, 0) is 28.7 Å². The molecule has 2 unspecified atom stereocenters. The van der Waals surface area contributed by atoms with Crippen LogP contribution in [0.25, 0.3) is 0 Å². The van der Waals surface area contributed by atoms with E-state index < -0.39 is 54.0 Å². The lowest BCUT2D eigenvalue weighted by atomic mass is 9.96. The predicted octanol–water partition coefficient (Wildman–Crippen LogP) is 1.13. The number of hydrogen-bond donors (Lipinski definition) is 2. The summed E-state index contributed by atoms with van der Waals surface area (Å²) in [4.78, 5) is 65.0. The van der Waals surface area contributed by atoms with Crippen molar-refractivity contribution in [2.24, 2.45) is 5.92 Å². The SMILES string of the molecule is CCCCOC1OC(=O)C[C@@H]1NC(=O)[C@@H]1CCCN2C(=O)C[C@H](C)C(NC(=O)c3ccccc3)C(=O)N12. The number of amides is 4. The molecule has 3 aliphatic rings. The van der Waals surface area contributed by atoms with Crippen LogP contribution < -0.4 is 10.6 Å². The largest absolute Gasteiger partial charge is 0.433 e. The average Bonchev–Trinajstić information content (AvgIpc) is 3.21. The molecular weight excluding hydrogens is 480 g/mol. The Labute approximate surface area is 215 Å². The molecule has 0 aromatic heterocycles. The molecule has 3 heterocycles. The number of ether oxygens (including phenoxy) is 2. The number of nitrogens with one attached hydrogen (secondary N) is 2. The van der Waals surface area contributed by atoms with Crippen molar-refractivity contribution in [2.45, 2.75) is 76.8 Å². The van der Waals surface area contributed by atoms with Crippen LogP contribution in [0.2, 0.25) is 0 Å². The third-order valence-corrected chi connectivity index (χ3v) is 6.94. The van der Waals surface area contributed by atoms with E-state index in [-0.39, 0.29) is 18.7 Å². The molecule has 4 rings (SSSR count). The van der Waals surface area contributed by atoms with Crippen LogP contribution in [0.3, 0.4) is 0 Å². The zero-order valence-electron chi connectivity index (χ0n) is 21.2. The van der Waals surface area contributed by atoms with Gasteiger partial charge in [0.2, 0.25) is 18.1 Å². The number of benzene rings is 1. The molecule has 1 aromatic rings. The Balaban J connectivity index is 1.52. The summed E-state index contributed by atoms with van der Waals surface area (Å²) >= 11 is 0. The molecule has 2 N–H and O–H groups in total. The van der Waals surface area contributed by atoms with Gasteiger partial charge in [-0.15, -0.1) is 0 Å². The zero-order chi connectivity index (χ0) is 26.5. The first-order valence-corrected chi connectivity index (χ1v) is 12.9. The summed E-state index contributed by atoms with van der Waals surface area (Å²) in [6.45, 7) is 4.43. The summed E-state index contributed by atoms with van der Waals surface area (Å²) in [6, 6.07) is 5.85. The molecule has 4 amide bonds. The molecule has 1 aromatic carbocycles. The molecule has 3 saturated heterocycles. The van der Waals surface area contributed by atoms with Gasteiger partial charge in [0.1, 0.15) is 18.1 Å². The van der Waals surface area contributed by atoms with E-state index in [1.807, 2.05) is 6.92 Å². The number of cyclic esters (lactones) is 1. The van der Waals surface area contributed by atoms with Crippen molar-refractivity contribution in [3.8, 4) is 0 Å². The first-order valence-electron chi connectivity index (χ1n) is 12.9. The van der Waals surface area contributed by atoms with E-state index in [2.05, 4.69) is 10.6 Å². The van der Waals surface area contributed by atoms with E-state index in [1.165, 1.54) is 10.0 Å². The van der Waals surface area contributed by atoms with Gasteiger partial charge in [-0.3, -0.25) is 29.0 Å². The Morgan fingerprint density at radius 3 is 2.59 bits per heavy atom. The molecular formula is C26H34N4O7. The second-order valence-electron chi connectivity index (χ2n) is 9.76. The van der Waals surface area contributed by atoms with Gasteiger partial charge < -0.3 is 20.1 Å². The summed E-state index contributed by atoms with van der Waals surface area (Å²) in [5.74, 6) is -2.68. The third-order valence-electron chi connectivity index (χ3n) is 6.94. The molecule has 5 atom stereocenters. The van der Waals surface area contributed by atoms with Crippen molar-refractivity contribution < 1.29 is 33.4 Å². The number of carbonyl (C=O) groups excluding carboxylic acids is 5. The monoisotopic (exact) mass is 514 g/mol. The first-order chi connectivity index (χ1) is 17.8. The molecule has 200 valence electrons. The Morgan fingerprint density at radius 1 is 1.11 bits per heavy atom. The molecule has 0 saturated carbocycles. The van der Waals surface area contributed by atoms with Crippen LogP contribution in [0.1, 0.15) is 62.7 Å². The number of hydrazine groups is 1. The minimum atomic E-state index is -0.989. The van der Waals surface area contributed by atoms with Crippen molar-refractivity contribution >= 4 is 29.6 Å². The van der Waals surface area contributed by atoms with E-state index in [0.29, 0.717) is 31.6 Å². The number of hydrogen-bond acceptors (Lipinski definition) is 7. The van der Waals surface area contributed by atoms with Crippen LogP contribution in [-0.4, -0.2) is 77.2 Å². The lowest BCUT2D eigenvalue weighted by Crippen LogP contribution is -2.64. The third kappa shape index (κ3) is 5.93. The molecule has 0 spiro atoms. The highest BCUT2D eigenvalue weighted by molar-refractivity contribution is 6.00. The molecule has 0 aliphatic carbocycles. The number of esters is 1. The first kappa shape index (κ1) is 26.6. The van der Waals surface area contributed by atoms with Crippen molar-refractivity contribution in [3.63, 3.8) is 0 Å². The van der Waals surface area contributed by atoms with Gasteiger partial charge in [-0.05, 0) is 37.3 Å². The van der Waals surface area contributed by atoms with Crippen molar-refractivity contribution in [2.75, 3.05) is 13.2 Å². The lowest BCUT2D eigenvalue weighted by molar-refractivity contribution is -0.177. The Morgan fingerprint density at radius 2 is 1.86 bits per heavy atom. The second kappa shape index (κ2) is 11.7. The highest BCUT2D eigenvalue weighted by Gasteiger charge is 2.48. The summed E-state index contributed by atoms with van der Waals surface area (Å²) in [5.41, 5.74) is 0.392. The molecule has 37 heavy (non-hydrogen) atoms. The number of fused-ring (bicyclic) bond motifs is 1. The summed E-state index contributed by atoms with van der Waals surface area (Å²) in [7, 11) is 0. The molecule has 11 nitrogen and oxygen atoms in total. The van der Waals surface area contributed by atoms with E-state index in [4.69, 9.17) is 9.47 Å². The van der Waals surface area contributed by atoms with E-state index in [9.17, 15) is 24.0 Å². The molecule has 0 radical (unpaired) electrons. The van der Waals surface area contributed by atoms with Crippen LogP contribution in [0.15, 0.2) is 30.3 Å². The van der Waals surface area contributed by atoms with Crippen LogP contribution >= 0.6 is 0 Å². The number of nitrogens with zero attached hydrogens (tertiary/aromatic N) is 2. The number of carbonyl (C=O) groups is 5. The highest BCUT2D eigenvalue weighted by atomic mass is 16.7. The quantitative estimate of drug-likeness (QED) is 0.392. The predicted molar refractivity (Wildman–Crippen MR) is 130 cm³/mol. The van der Waals surface area contributed by atoms with Gasteiger partial charge in [-0.1, -0.05) is 38.5 Å². The molecule has 11 heteroatoms. The summed E-state index contributed by atoms with van der Waals surface area (Å²) < 4.78 is 10.9. The Kier molecular flexibility index (Phi) is 8.42. The number of unbranched alkanes of at least 4 members (excludes halogenated alkanes) is 1. The standard InChI is InChI=1S/C26H34N4O7/c1-3-4-13-36-26-18(15-21(32)37-26)27-24(34)19-11-8-12-29-20(31)14-16(2)22(25(35)30(19)29)28-23(33)17-9-6-5-7-10-17/h5-7,9-10,16,18-19,22,26H,3-4,8,11-15H2,1-2H3,(H,27,34)(H,28,33)/t16-,18-,19-,22?,26?/m0/s1. The average molecular weight is 515 g/mol. The Bertz CT molecular complexity index is 1030. The maximum atomic E-state index is 13.8. The van der Waals surface area contributed by atoms with E-state index in [1.54, 1.807) is 37.3 Å². The van der Waals surface area contributed by atoms with Gasteiger partial charge in [-0.2, -0.15) is 0 Å². The highest BCUT2D eigenvalue weighted by Crippen LogP contribution is 2.28. The van der Waals surface area contributed by atoms with Gasteiger partial charge in [0.15, 0.2) is 0 Å². The van der Waals surface area contributed by atoms with Crippen molar-refractivity contribution in [1.29, 1.82) is 0 Å². The van der Waals surface area contributed by atoms with Gasteiger partial charge in [0.05, 0.1) is 13.0 Å². The molecule has 3 fully saturated rings. The Hall–Kier alpha value is -3.47. The molecule has 3 aliphatic heterocycles. The lowest BCUT2D eigenvalue weighted by Gasteiger charge is -2.43. The summed E-state index contributed by atoms with van der Waals surface area (Å²) in [5, 5.41) is 8.11. The van der Waals surface area contributed by atoms with Gasteiger partial charge in [0.25, 0.3) is 11.8 Å². The van der Waals surface area contributed by atoms with Gasteiger partial charge in [0, 0.05) is 18.5 Å². The fourth-order valence-corrected chi connectivity index (χ4v) is 4.92. The van der Waals surface area contributed by atoms with E-state index in [0.717, 1.165) is 12.8 Å². The smallest absolute Gasteiger partial charge is 0.310 e. The minimum Gasteiger partial charge on any atom is -0.433 e. The van der Waals surface area contributed by atoms with Crippen molar-refractivity contribution in [3.05, 3.63) is 35.9 Å². The number of rotatable bonds is 8. The normalized spacial score (nSPS) is 27.8. The minimum absolute atomic E-state index is 0.0430. The topological polar surface area (TPSA) is 134 Å². The van der Waals surface area contributed by atoms with E-state index >= 15 is 0 Å². The summed E-state index contributed by atoms with van der Waals surface area (Å²) in [6.07, 6.45) is 1.65. The van der Waals surface area contributed by atoms with Crippen molar-refractivity contribution in [1.82, 2.24) is 20.7 Å². The maximum absolute atomic E-state index is 13.8. The van der Waals surface area contributed by atoms with Crippen LogP contribution in [0, 0.1) is 5.92 Å². The maximum Gasteiger partial charge on any atom is 0.310 e. The van der Waals surface area contributed by atoms with Crippen LogP contribution in [0.5, 0.6) is 0 Å². The second-order valence-corrected chi connectivity index (χ2v) is 9.76. The van der Waals surface area contributed by atoms with Gasteiger partial charge in [-0.25, -0.2) is 5.01 Å². The van der Waals surface area contributed by atoms with Gasteiger partial charge >= 0.3 is 5.97 Å². The zero-order valence-corrected chi connectivity index (χ0v) is 21.2. The van der Waals surface area contributed by atoms with Crippen LogP contribution in [0.4, 0.5) is 0 Å². The fraction of sp³-hybridized carbons (Fsp3) is 0.577. The fourth-order valence-electron chi connectivity index (χ4n) is 4.92.